The van der Waals surface area contributed by atoms with Crippen LogP contribution in [0, 0.1) is 12.8 Å². The number of hydrogen-bond donors (Lipinski definition) is 2. The summed E-state index contributed by atoms with van der Waals surface area (Å²) in [6, 6.07) is 5.62. The minimum absolute atomic E-state index is 0.0631. The van der Waals surface area contributed by atoms with Crippen molar-refractivity contribution in [2.45, 2.75) is 32.7 Å². The van der Waals surface area contributed by atoms with Crippen LogP contribution >= 0.6 is 0 Å². The Hall–Kier alpha value is -1.51. The van der Waals surface area contributed by atoms with E-state index in [1.807, 2.05) is 25.1 Å². The molecule has 0 radical (unpaired) electrons. The monoisotopic (exact) mass is 219 g/mol. The quantitative estimate of drug-likeness (QED) is 0.803. The highest BCUT2D eigenvalue weighted by atomic mass is 16.4. The zero-order chi connectivity index (χ0) is 11.9. The SMILES string of the molecule is Cc1ccc2c(c1)NC(C(=O)O)C2C(C)C. The molecular formula is C13H17NO2. The average Bonchev–Trinajstić information content (AvgIpc) is 2.55. The zero-order valence-electron chi connectivity index (χ0n) is 9.82. The Morgan fingerprint density at radius 1 is 1.44 bits per heavy atom. The van der Waals surface area contributed by atoms with Gasteiger partial charge in [-0.3, -0.25) is 0 Å². The minimum Gasteiger partial charge on any atom is -0.480 e. The lowest BCUT2D eigenvalue weighted by Crippen LogP contribution is -2.32. The van der Waals surface area contributed by atoms with Gasteiger partial charge in [-0.15, -0.1) is 0 Å². The maximum atomic E-state index is 11.2. The summed E-state index contributed by atoms with van der Waals surface area (Å²) in [7, 11) is 0. The largest absolute Gasteiger partial charge is 0.480 e. The number of anilines is 1. The molecule has 0 saturated heterocycles. The fraction of sp³-hybridized carbons (Fsp3) is 0.462. The summed E-state index contributed by atoms with van der Waals surface area (Å²) in [5.74, 6) is -0.391. The fourth-order valence-corrected chi connectivity index (χ4v) is 2.48. The van der Waals surface area contributed by atoms with Gasteiger partial charge in [0, 0.05) is 11.6 Å². The maximum absolute atomic E-state index is 11.2. The van der Waals surface area contributed by atoms with Crippen LogP contribution in [0.3, 0.4) is 0 Å². The number of aryl methyl sites for hydroxylation is 1. The van der Waals surface area contributed by atoms with Gasteiger partial charge in [-0.2, -0.15) is 0 Å². The van der Waals surface area contributed by atoms with Crippen molar-refractivity contribution in [3.8, 4) is 0 Å². The Bertz CT molecular complexity index is 426. The van der Waals surface area contributed by atoms with Crippen molar-refractivity contribution < 1.29 is 9.90 Å². The number of fused-ring (bicyclic) bond motifs is 1. The van der Waals surface area contributed by atoms with Crippen molar-refractivity contribution in [3.63, 3.8) is 0 Å². The van der Waals surface area contributed by atoms with Gasteiger partial charge in [-0.05, 0) is 30.0 Å². The van der Waals surface area contributed by atoms with E-state index in [1.165, 1.54) is 0 Å². The highest BCUT2D eigenvalue weighted by Crippen LogP contribution is 2.40. The van der Waals surface area contributed by atoms with E-state index >= 15 is 0 Å². The highest BCUT2D eigenvalue weighted by molar-refractivity contribution is 5.83. The first-order valence-electron chi connectivity index (χ1n) is 5.60. The maximum Gasteiger partial charge on any atom is 0.326 e. The predicted octanol–water partition coefficient (Wildman–Crippen LogP) is 2.61. The van der Waals surface area contributed by atoms with E-state index in [-0.39, 0.29) is 5.92 Å². The highest BCUT2D eigenvalue weighted by Gasteiger charge is 2.38. The minimum atomic E-state index is -0.771. The van der Waals surface area contributed by atoms with E-state index in [0.717, 1.165) is 16.8 Å². The van der Waals surface area contributed by atoms with Crippen LogP contribution in [-0.2, 0) is 4.79 Å². The molecule has 1 aliphatic heterocycles. The molecule has 2 atom stereocenters. The lowest BCUT2D eigenvalue weighted by atomic mass is 9.85. The number of aliphatic carboxylic acids is 1. The molecule has 0 saturated carbocycles. The second-order valence-electron chi connectivity index (χ2n) is 4.82. The smallest absolute Gasteiger partial charge is 0.326 e. The summed E-state index contributed by atoms with van der Waals surface area (Å²) in [6.07, 6.45) is 0. The number of nitrogens with one attached hydrogen (secondary N) is 1. The van der Waals surface area contributed by atoms with Gasteiger partial charge < -0.3 is 10.4 Å². The normalized spacial score (nSPS) is 23.0. The number of carbonyl (C=O) groups is 1. The third-order valence-electron chi connectivity index (χ3n) is 3.22. The molecular weight excluding hydrogens is 202 g/mol. The molecule has 0 bridgehead atoms. The molecule has 2 rings (SSSR count). The molecule has 0 fully saturated rings. The molecule has 86 valence electrons. The van der Waals surface area contributed by atoms with E-state index in [0.29, 0.717) is 5.92 Å². The van der Waals surface area contributed by atoms with Crippen molar-refractivity contribution in [2.24, 2.45) is 5.92 Å². The lowest BCUT2D eigenvalue weighted by Gasteiger charge is -2.20. The average molecular weight is 219 g/mol. The molecule has 0 spiro atoms. The van der Waals surface area contributed by atoms with Gasteiger partial charge >= 0.3 is 5.97 Å². The van der Waals surface area contributed by atoms with Gasteiger partial charge in [0.1, 0.15) is 6.04 Å². The Morgan fingerprint density at radius 3 is 2.69 bits per heavy atom. The molecule has 2 N–H and O–H groups in total. The lowest BCUT2D eigenvalue weighted by molar-refractivity contribution is -0.138. The van der Waals surface area contributed by atoms with Crippen LogP contribution in [0.15, 0.2) is 18.2 Å². The molecule has 3 nitrogen and oxygen atoms in total. The van der Waals surface area contributed by atoms with Crippen molar-refractivity contribution >= 4 is 11.7 Å². The topological polar surface area (TPSA) is 49.3 Å². The van der Waals surface area contributed by atoms with E-state index in [4.69, 9.17) is 0 Å². The summed E-state index contributed by atoms with van der Waals surface area (Å²) in [4.78, 5) is 11.2. The summed E-state index contributed by atoms with van der Waals surface area (Å²) < 4.78 is 0. The van der Waals surface area contributed by atoms with Crippen LogP contribution in [-0.4, -0.2) is 17.1 Å². The Balaban J connectivity index is 2.45. The first kappa shape index (κ1) is 11.0. The fourth-order valence-electron chi connectivity index (χ4n) is 2.48. The van der Waals surface area contributed by atoms with Crippen LogP contribution in [0.25, 0.3) is 0 Å². The van der Waals surface area contributed by atoms with Gasteiger partial charge in [0.05, 0.1) is 0 Å². The van der Waals surface area contributed by atoms with Crippen LogP contribution in [0.5, 0.6) is 0 Å². The molecule has 0 aliphatic carbocycles. The summed E-state index contributed by atoms with van der Waals surface area (Å²) in [5.41, 5.74) is 3.26. The number of benzene rings is 1. The van der Waals surface area contributed by atoms with Gasteiger partial charge in [0.2, 0.25) is 0 Å². The van der Waals surface area contributed by atoms with Gasteiger partial charge in [-0.25, -0.2) is 4.79 Å². The van der Waals surface area contributed by atoms with Crippen molar-refractivity contribution in [1.29, 1.82) is 0 Å². The summed E-state index contributed by atoms with van der Waals surface area (Å²) in [5, 5.41) is 12.3. The number of rotatable bonds is 2. The molecule has 1 heterocycles. The summed E-state index contributed by atoms with van der Waals surface area (Å²) >= 11 is 0. The first-order valence-corrected chi connectivity index (χ1v) is 5.60. The van der Waals surface area contributed by atoms with Crippen LogP contribution in [0.2, 0.25) is 0 Å². The zero-order valence-corrected chi connectivity index (χ0v) is 9.82. The molecule has 2 unspecified atom stereocenters. The number of hydrogen-bond acceptors (Lipinski definition) is 2. The molecule has 1 aromatic carbocycles. The van der Waals surface area contributed by atoms with E-state index in [1.54, 1.807) is 0 Å². The van der Waals surface area contributed by atoms with Crippen molar-refractivity contribution in [3.05, 3.63) is 29.3 Å². The first-order chi connectivity index (χ1) is 7.50. The third-order valence-corrected chi connectivity index (χ3v) is 3.22. The van der Waals surface area contributed by atoms with Crippen molar-refractivity contribution in [1.82, 2.24) is 0 Å². The number of carboxylic acid groups (broad SMARTS) is 1. The molecule has 16 heavy (non-hydrogen) atoms. The van der Waals surface area contributed by atoms with Gasteiger partial charge in [0.25, 0.3) is 0 Å². The molecule has 0 amide bonds. The predicted molar refractivity (Wildman–Crippen MR) is 63.8 cm³/mol. The van der Waals surface area contributed by atoms with Crippen LogP contribution in [0.4, 0.5) is 5.69 Å². The van der Waals surface area contributed by atoms with E-state index < -0.39 is 12.0 Å². The van der Waals surface area contributed by atoms with Crippen LogP contribution in [0.1, 0.15) is 30.9 Å². The second-order valence-corrected chi connectivity index (χ2v) is 4.82. The third kappa shape index (κ3) is 1.66. The molecule has 1 aromatic rings. The van der Waals surface area contributed by atoms with E-state index in [2.05, 4.69) is 19.2 Å². The molecule has 0 aromatic heterocycles. The Morgan fingerprint density at radius 2 is 2.12 bits per heavy atom. The van der Waals surface area contributed by atoms with Crippen molar-refractivity contribution in [2.75, 3.05) is 5.32 Å². The Kier molecular flexibility index (Phi) is 2.62. The standard InChI is InChI=1S/C13H17NO2/c1-7(2)11-9-5-4-8(3)6-10(9)14-12(11)13(15)16/h4-7,11-12,14H,1-3H3,(H,15,16). The second kappa shape index (κ2) is 3.81. The Labute approximate surface area is 95.5 Å². The van der Waals surface area contributed by atoms with Crippen LogP contribution < -0.4 is 5.32 Å². The molecule has 3 heteroatoms. The summed E-state index contributed by atoms with van der Waals surface area (Å²) in [6.45, 7) is 6.15. The molecule has 1 aliphatic rings. The number of carboxylic acids is 1. The van der Waals surface area contributed by atoms with E-state index in [9.17, 15) is 9.90 Å². The van der Waals surface area contributed by atoms with Gasteiger partial charge in [0.15, 0.2) is 0 Å². The van der Waals surface area contributed by atoms with Gasteiger partial charge in [-0.1, -0.05) is 26.0 Å².